The van der Waals surface area contributed by atoms with E-state index in [9.17, 15) is 5.11 Å². The average molecular weight is 288 g/mol. The minimum atomic E-state index is -0.0459. The predicted molar refractivity (Wildman–Crippen MR) is 89.0 cm³/mol. The number of hydrogen-bond donors (Lipinski definition) is 1. The molecule has 0 saturated heterocycles. The summed E-state index contributed by atoms with van der Waals surface area (Å²) in [6.07, 6.45) is 13.4. The summed E-state index contributed by atoms with van der Waals surface area (Å²) in [4.78, 5) is 0. The molecule has 3 aliphatic carbocycles. The molecule has 2 saturated carbocycles. The summed E-state index contributed by atoms with van der Waals surface area (Å²) < 4.78 is 0. The van der Waals surface area contributed by atoms with Crippen molar-refractivity contribution in [3.8, 4) is 0 Å². The third-order valence-electron chi connectivity index (χ3n) is 7.37. The maximum Gasteiger partial charge on any atom is 0.0524 e. The molecule has 1 heteroatoms. The van der Waals surface area contributed by atoms with Crippen molar-refractivity contribution in [2.24, 2.45) is 28.1 Å². The molecule has 3 aliphatic rings. The van der Waals surface area contributed by atoms with Crippen LogP contribution in [-0.4, -0.2) is 11.7 Å². The van der Waals surface area contributed by atoms with E-state index in [1.807, 2.05) is 6.08 Å². The molecule has 0 radical (unpaired) electrons. The molecule has 0 amide bonds. The Morgan fingerprint density at radius 2 is 2.05 bits per heavy atom. The second-order valence-electron chi connectivity index (χ2n) is 8.91. The summed E-state index contributed by atoms with van der Waals surface area (Å²) in [6.45, 7) is 11.8. The van der Waals surface area contributed by atoms with Gasteiger partial charge in [0.2, 0.25) is 0 Å². The van der Waals surface area contributed by atoms with Gasteiger partial charge in [0.25, 0.3) is 0 Å². The zero-order chi connectivity index (χ0) is 15.3. The van der Waals surface area contributed by atoms with Gasteiger partial charge in [-0.15, -0.1) is 6.58 Å². The molecule has 0 bridgehead atoms. The van der Waals surface area contributed by atoms with E-state index in [-0.39, 0.29) is 12.0 Å². The Morgan fingerprint density at radius 3 is 2.71 bits per heavy atom. The van der Waals surface area contributed by atoms with Crippen molar-refractivity contribution < 1.29 is 5.11 Å². The van der Waals surface area contributed by atoms with E-state index in [0.717, 1.165) is 24.7 Å². The second-order valence-corrected chi connectivity index (χ2v) is 8.91. The van der Waals surface area contributed by atoms with E-state index in [1.54, 1.807) is 5.57 Å². The first-order valence-corrected chi connectivity index (χ1v) is 8.80. The van der Waals surface area contributed by atoms with Crippen LogP contribution in [-0.2, 0) is 0 Å². The molecular formula is C20H32O. The van der Waals surface area contributed by atoms with Gasteiger partial charge < -0.3 is 5.11 Å². The minimum absolute atomic E-state index is 0.0459. The van der Waals surface area contributed by atoms with Gasteiger partial charge in [-0.3, -0.25) is 0 Å². The van der Waals surface area contributed by atoms with Crippen molar-refractivity contribution in [1.29, 1.82) is 0 Å². The Morgan fingerprint density at radius 1 is 1.29 bits per heavy atom. The zero-order valence-corrected chi connectivity index (χ0v) is 14.1. The van der Waals surface area contributed by atoms with Crippen molar-refractivity contribution in [3.05, 3.63) is 24.3 Å². The standard InChI is InChI=1S/C20H32O/c1-5-20(14-21)12-9-16-15(13-20)7-8-17-18(2,3)10-6-11-19(16,17)4/h5,7,16-17,21H,1,6,8-14H2,2-4H3/t16-,17-,19-,20-/m0/s1. The first-order valence-electron chi connectivity index (χ1n) is 8.80. The number of hydrogen-bond acceptors (Lipinski definition) is 1. The number of rotatable bonds is 2. The highest BCUT2D eigenvalue weighted by atomic mass is 16.3. The van der Waals surface area contributed by atoms with Crippen LogP contribution >= 0.6 is 0 Å². The number of fused-ring (bicyclic) bond motifs is 3. The van der Waals surface area contributed by atoms with Crippen molar-refractivity contribution >= 4 is 0 Å². The van der Waals surface area contributed by atoms with E-state index in [2.05, 4.69) is 33.4 Å². The zero-order valence-electron chi connectivity index (χ0n) is 14.1. The Hall–Kier alpha value is -0.560. The third kappa shape index (κ3) is 2.23. The van der Waals surface area contributed by atoms with Gasteiger partial charge in [0.15, 0.2) is 0 Å². The molecular weight excluding hydrogens is 256 g/mol. The summed E-state index contributed by atoms with van der Waals surface area (Å²) in [5.41, 5.74) is 2.55. The summed E-state index contributed by atoms with van der Waals surface area (Å²) in [7, 11) is 0. The topological polar surface area (TPSA) is 20.2 Å². The van der Waals surface area contributed by atoms with Crippen LogP contribution in [0.3, 0.4) is 0 Å². The molecule has 0 aromatic carbocycles. The van der Waals surface area contributed by atoms with Crippen LogP contribution < -0.4 is 0 Å². The summed E-state index contributed by atoms with van der Waals surface area (Å²) in [5, 5.41) is 9.81. The fourth-order valence-corrected chi connectivity index (χ4v) is 6.02. The van der Waals surface area contributed by atoms with E-state index >= 15 is 0 Å². The van der Waals surface area contributed by atoms with Crippen LogP contribution in [0.2, 0.25) is 0 Å². The number of aliphatic hydroxyl groups is 1. The minimum Gasteiger partial charge on any atom is -0.395 e. The molecule has 0 aliphatic heterocycles. The highest BCUT2D eigenvalue weighted by Crippen LogP contribution is 2.63. The van der Waals surface area contributed by atoms with Gasteiger partial charge in [-0.2, -0.15) is 0 Å². The molecule has 1 N–H and O–H groups in total. The van der Waals surface area contributed by atoms with Crippen LogP contribution in [0.4, 0.5) is 0 Å². The first kappa shape index (κ1) is 15.3. The van der Waals surface area contributed by atoms with Crippen molar-refractivity contribution in [2.75, 3.05) is 6.61 Å². The van der Waals surface area contributed by atoms with E-state index < -0.39 is 0 Å². The fourth-order valence-electron chi connectivity index (χ4n) is 6.02. The Kier molecular flexibility index (Phi) is 3.64. The van der Waals surface area contributed by atoms with Gasteiger partial charge in [0, 0.05) is 5.41 Å². The molecule has 0 aromatic heterocycles. The van der Waals surface area contributed by atoms with Gasteiger partial charge in [-0.25, -0.2) is 0 Å². The highest BCUT2D eigenvalue weighted by Gasteiger charge is 2.54. The molecule has 0 aromatic rings. The van der Waals surface area contributed by atoms with E-state index in [1.165, 1.54) is 32.1 Å². The SMILES string of the molecule is C=C[C@]1(CO)CC[C@H]2C(=CC[C@H]3C(C)(C)CCC[C@@]23C)C1. The lowest BCUT2D eigenvalue weighted by Gasteiger charge is -2.59. The molecule has 0 heterocycles. The largest absolute Gasteiger partial charge is 0.395 e. The molecule has 0 unspecified atom stereocenters. The summed E-state index contributed by atoms with van der Waals surface area (Å²) in [6, 6.07) is 0. The van der Waals surface area contributed by atoms with Crippen LogP contribution in [0.1, 0.15) is 65.7 Å². The fraction of sp³-hybridized carbons (Fsp3) is 0.800. The highest BCUT2D eigenvalue weighted by molar-refractivity contribution is 5.25. The van der Waals surface area contributed by atoms with Gasteiger partial charge >= 0.3 is 0 Å². The molecule has 3 rings (SSSR count). The van der Waals surface area contributed by atoms with E-state index in [0.29, 0.717) is 10.8 Å². The molecule has 4 atom stereocenters. The lowest BCUT2D eigenvalue weighted by Crippen LogP contribution is -2.50. The molecule has 21 heavy (non-hydrogen) atoms. The lowest BCUT2D eigenvalue weighted by atomic mass is 9.46. The van der Waals surface area contributed by atoms with Crippen LogP contribution in [0, 0.1) is 28.1 Å². The van der Waals surface area contributed by atoms with Crippen LogP contribution in [0.15, 0.2) is 24.3 Å². The summed E-state index contributed by atoms with van der Waals surface area (Å²) >= 11 is 0. The van der Waals surface area contributed by atoms with Crippen molar-refractivity contribution in [1.82, 2.24) is 0 Å². The third-order valence-corrected chi connectivity index (χ3v) is 7.37. The van der Waals surface area contributed by atoms with Gasteiger partial charge in [0.1, 0.15) is 0 Å². The maximum absolute atomic E-state index is 9.81. The van der Waals surface area contributed by atoms with Gasteiger partial charge in [-0.05, 0) is 61.2 Å². The normalized spacial score (nSPS) is 45.2. The monoisotopic (exact) mass is 288 g/mol. The lowest BCUT2D eigenvalue weighted by molar-refractivity contribution is -0.0524. The Balaban J connectivity index is 1.93. The summed E-state index contributed by atoms with van der Waals surface area (Å²) in [5.74, 6) is 1.58. The second kappa shape index (κ2) is 4.98. The van der Waals surface area contributed by atoms with Crippen LogP contribution in [0.5, 0.6) is 0 Å². The molecule has 118 valence electrons. The quantitative estimate of drug-likeness (QED) is 0.700. The number of allylic oxidation sites excluding steroid dienone is 2. The number of aliphatic hydroxyl groups excluding tert-OH is 1. The Bertz CT molecular complexity index is 460. The van der Waals surface area contributed by atoms with E-state index in [4.69, 9.17) is 0 Å². The average Bonchev–Trinajstić information content (AvgIpc) is 2.45. The molecule has 1 nitrogen and oxygen atoms in total. The molecule has 0 spiro atoms. The maximum atomic E-state index is 9.81. The van der Waals surface area contributed by atoms with Gasteiger partial charge in [0.05, 0.1) is 6.61 Å². The van der Waals surface area contributed by atoms with Crippen molar-refractivity contribution in [3.63, 3.8) is 0 Å². The Labute approximate surface area is 130 Å². The van der Waals surface area contributed by atoms with Crippen LogP contribution in [0.25, 0.3) is 0 Å². The van der Waals surface area contributed by atoms with Gasteiger partial charge in [-0.1, -0.05) is 44.9 Å². The smallest absolute Gasteiger partial charge is 0.0524 e. The molecule has 2 fully saturated rings. The predicted octanol–water partition coefficient (Wildman–Crippen LogP) is 5.11. The first-order chi connectivity index (χ1) is 9.87. The van der Waals surface area contributed by atoms with Crippen molar-refractivity contribution in [2.45, 2.75) is 65.7 Å².